The molecule has 0 bridgehead atoms. The number of pyridine rings is 1. The van der Waals surface area contributed by atoms with E-state index >= 15 is 0 Å². The Morgan fingerprint density at radius 2 is 2.19 bits per heavy atom. The first kappa shape index (κ1) is 14.7. The molecule has 0 aliphatic carbocycles. The van der Waals surface area contributed by atoms with Crippen molar-refractivity contribution in [3.05, 3.63) is 52.2 Å². The van der Waals surface area contributed by atoms with E-state index in [0.29, 0.717) is 18.2 Å². The van der Waals surface area contributed by atoms with Crippen LogP contribution in [0.4, 0.5) is 5.69 Å². The van der Waals surface area contributed by atoms with Crippen molar-refractivity contribution in [3.8, 4) is 17.4 Å². The van der Waals surface area contributed by atoms with Crippen LogP contribution in [-0.4, -0.2) is 24.1 Å². The molecule has 0 aliphatic heterocycles. The average Bonchev–Trinajstić information content (AvgIpc) is 2.49. The molecule has 7 nitrogen and oxygen atoms in total. The molecule has 0 radical (unpaired) electrons. The van der Waals surface area contributed by atoms with Crippen molar-refractivity contribution in [2.45, 2.75) is 6.54 Å². The van der Waals surface area contributed by atoms with Crippen LogP contribution >= 0.6 is 0 Å². The zero-order valence-corrected chi connectivity index (χ0v) is 11.7. The van der Waals surface area contributed by atoms with Crippen molar-refractivity contribution >= 4 is 5.69 Å². The van der Waals surface area contributed by atoms with Gasteiger partial charge in [-0.2, -0.15) is 0 Å². The van der Waals surface area contributed by atoms with Gasteiger partial charge in [-0.05, 0) is 19.2 Å². The van der Waals surface area contributed by atoms with Gasteiger partial charge < -0.3 is 14.8 Å². The number of rotatable bonds is 6. The van der Waals surface area contributed by atoms with Crippen molar-refractivity contribution in [3.63, 3.8) is 0 Å². The monoisotopic (exact) mass is 289 g/mol. The number of methoxy groups -OCH3 is 1. The number of nitrogens with zero attached hydrogens (tertiary/aromatic N) is 2. The minimum absolute atomic E-state index is 0.0930. The summed E-state index contributed by atoms with van der Waals surface area (Å²) >= 11 is 0. The Labute approximate surface area is 121 Å². The molecular formula is C14H15N3O4. The van der Waals surface area contributed by atoms with Crippen LogP contribution in [0.3, 0.4) is 0 Å². The van der Waals surface area contributed by atoms with E-state index in [2.05, 4.69) is 10.3 Å². The molecule has 0 aliphatic rings. The molecule has 0 saturated heterocycles. The van der Waals surface area contributed by atoms with Crippen LogP contribution in [0.5, 0.6) is 17.4 Å². The summed E-state index contributed by atoms with van der Waals surface area (Å²) in [5, 5.41) is 14.1. The molecule has 0 amide bonds. The van der Waals surface area contributed by atoms with E-state index in [0.717, 1.165) is 5.56 Å². The highest BCUT2D eigenvalue weighted by Gasteiger charge is 2.18. The highest BCUT2D eigenvalue weighted by Crippen LogP contribution is 2.34. The predicted octanol–water partition coefficient (Wildman–Crippen LogP) is 2.51. The van der Waals surface area contributed by atoms with Crippen molar-refractivity contribution in [1.82, 2.24) is 10.3 Å². The molecule has 1 heterocycles. The zero-order chi connectivity index (χ0) is 15.2. The summed E-state index contributed by atoms with van der Waals surface area (Å²) in [6, 6.07) is 7.94. The predicted molar refractivity (Wildman–Crippen MR) is 76.7 cm³/mol. The Hall–Kier alpha value is -2.67. The molecule has 110 valence electrons. The van der Waals surface area contributed by atoms with E-state index in [1.807, 2.05) is 6.07 Å². The third-order valence-corrected chi connectivity index (χ3v) is 2.79. The topological polar surface area (TPSA) is 86.5 Å². The fourth-order valence-corrected chi connectivity index (χ4v) is 1.80. The highest BCUT2D eigenvalue weighted by atomic mass is 16.6. The van der Waals surface area contributed by atoms with Crippen LogP contribution in [0.2, 0.25) is 0 Å². The summed E-state index contributed by atoms with van der Waals surface area (Å²) in [5.41, 5.74) is 0.661. The van der Waals surface area contributed by atoms with Crippen LogP contribution in [0, 0.1) is 10.1 Å². The molecule has 0 spiro atoms. The molecular weight excluding hydrogens is 274 g/mol. The lowest BCUT2D eigenvalue weighted by atomic mass is 10.2. The Morgan fingerprint density at radius 1 is 1.38 bits per heavy atom. The second kappa shape index (κ2) is 6.67. The Balaban J connectivity index is 2.40. The van der Waals surface area contributed by atoms with E-state index in [4.69, 9.17) is 9.47 Å². The number of aromatic nitrogens is 1. The van der Waals surface area contributed by atoms with Crippen LogP contribution in [0.25, 0.3) is 0 Å². The molecule has 1 N–H and O–H groups in total. The maximum atomic E-state index is 11.1. The molecule has 2 rings (SSSR count). The van der Waals surface area contributed by atoms with Gasteiger partial charge >= 0.3 is 5.69 Å². The minimum Gasteiger partial charge on any atom is -0.497 e. The van der Waals surface area contributed by atoms with Crippen molar-refractivity contribution in [2.24, 2.45) is 0 Å². The van der Waals surface area contributed by atoms with Gasteiger partial charge in [0.05, 0.1) is 12.0 Å². The standard InChI is InChI=1S/C14H15N3O4/c1-15-9-10-4-3-7-16-14(10)21-13-8-11(20-2)5-6-12(13)17(18)19/h3-8,15H,9H2,1-2H3. The van der Waals surface area contributed by atoms with Gasteiger partial charge in [0.1, 0.15) is 5.75 Å². The van der Waals surface area contributed by atoms with Crippen molar-refractivity contribution in [1.29, 1.82) is 0 Å². The summed E-state index contributed by atoms with van der Waals surface area (Å²) in [4.78, 5) is 14.7. The highest BCUT2D eigenvalue weighted by molar-refractivity contribution is 5.52. The normalized spacial score (nSPS) is 10.2. The summed E-state index contributed by atoms with van der Waals surface area (Å²) < 4.78 is 10.7. The van der Waals surface area contributed by atoms with Gasteiger partial charge in [-0.3, -0.25) is 10.1 Å². The number of benzene rings is 1. The fraction of sp³-hybridized carbons (Fsp3) is 0.214. The van der Waals surface area contributed by atoms with Crippen molar-refractivity contribution < 1.29 is 14.4 Å². The van der Waals surface area contributed by atoms with E-state index in [1.165, 1.54) is 25.3 Å². The molecule has 21 heavy (non-hydrogen) atoms. The minimum atomic E-state index is -0.505. The maximum absolute atomic E-state index is 11.1. The molecule has 7 heteroatoms. The number of hydrogen-bond acceptors (Lipinski definition) is 6. The lowest BCUT2D eigenvalue weighted by molar-refractivity contribution is -0.385. The molecule has 0 saturated carbocycles. The molecule has 0 atom stereocenters. The molecule has 0 fully saturated rings. The first-order chi connectivity index (χ1) is 10.2. The quantitative estimate of drug-likeness (QED) is 0.649. The number of nitro groups is 1. The Kier molecular flexibility index (Phi) is 4.68. The summed E-state index contributed by atoms with van der Waals surface area (Å²) in [6.45, 7) is 0.543. The SMILES string of the molecule is CNCc1cccnc1Oc1cc(OC)ccc1[N+](=O)[O-]. The van der Waals surface area contributed by atoms with Crippen molar-refractivity contribution in [2.75, 3.05) is 14.2 Å². The number of nitrogens with one attached hydrogen (secondary N) is 1. The smallest absolute Gasteiger partial charge is 0.311 e. The third kappa shape index (κ3) is 3.46. The molecule has 0 unspecified atom stereocenters. The summed E-state index contributed by atoms with van der Waals surface area (Å²) in [6.07, 6.45) is 1.57. The van der Waals surface area contributed by atoms with Gasteiger partial charge in [-0.15, -0.1) is 0 Å². The average molecular weight is 289 g/mol. The maximum Gasteiger partial charge on any atom is 0.311 e. The first-order valence-corrected chi connectivity index (χ1v) is 6.24. The first-order valence-electron chi connectivity index (χ1n) is 6.24. The lowest BCUT2D eigenvalue weighted by Gasteiger charge is -2.10. The third-order valence-electron chi connectivity index (χ3n) is 2.79. The van der Waals surface area contributed by atoms with Gasteiger partial charge in [0.25, 0.3) is 0 Å². The number of ether oxygens (including phenoxy) is 2. The fourth-order valence-electron chi connectivity index (χ4n) is 1.80. The largest absolute Gasteiger partial charge is 0.497 e. The number of nitro benzene ring substituents is 1. The zero-order valence-electron chi connectivity index (χ0n) is 11.7. The Morgan fingerprint density at radius 3 is 2.86 bits per heavy atom. The van der Waals surface area contributed by atoms with Gasteiger partial charge in [-0.1, -0.05) is 6.07 Å². The number of hydrogen-bond donors (Lipinski definition) is 1. The van der Waals surface area contributed by atoms with Gasteiger partial charge in [0.2, 0.25) is 11.6 Å². The molecule has 1 aromatic carbocycles. The molecule has 2 aromatic rings. The van der Waals surface area contributed by atoms with E-state index in [1.54, 1.807) is 19.3 Å². The van der Waals surface area contributed by atoms with Crippen LogP contribution in [0.1, 0.15) is 5.56 Å². The van der Waals surface area contributed by atoms with Crippen LogP contribution in [0.15, 0.2) is 36.5 Å². The van der Waals surface area contributed by atoms with E-state index in [9.17, 15) is 10.1 Å². The van der Waals surface area contributed by atoms with Gasteiger partial charge in [0, 0.05) is 30.4 Å². The molecule has 1 aromatic heterocycles. The van der Waals surface area contributed by atoms with Gasteiger partial charge in [0.15, 0.2) is 0 Å². The van der Waals surface area contributed by atoms with E-state index in [-0.39, 0.29) is 11.4 Å². The Bertz CT molecular complexity index is 646. The summed E-state index contributed by atoms with van der Waals surface area (Å²) in [5.74, 6) is 0.889. The van der Waals surface area contributed by atoms with Crippen LogP contribution < -0.4 is 14.8 Å². The summed E-state index contributed by atoms with van der Waals surface area (Å²) in [7, 11) is 3.28. The van der Waals surface area contributed by atoms with Gasteiger partial charge in [-0.25, -0.2) is 4.98 Å². The van der Waals surface area contributed by atoms with Crippen LogP contribution in [-0.2, 0) is 6.54 Å². The lowest BCUT2D eigenvalue weighted by Crippen LogP contribution is -2.07. The second-order valence-electron chi connectivity index (χ2n) is 4.19. The van der Waals surface area contributed by atoms with E-state index < -0.39 is 4.92 Å². The second-order valence-corrected chi connectivity index (χ2v) is 4.19.